The number of hydrogen-bond donors (Lipinski definition) is 0. The molecule has 0 unspecified atom stereocenters. The van der Waals surface area contributed by atoms with E-state index in [2.05, 4.69) is 0 Å². The molecule has 1 amide bonds. The largest absolute Gasteiger partial charge is 0.443 e. The molecule has 0 atom stereocenters. The summed E-state index contributed by atoms with van der Waals surface area (Å²) < 4.78 is 5.21. The number of amides is 1. The maximum absolute atomic E-state index is 11.9. The summed E-state index contributed by atoms with van der Waals surface area (Å²) in [7, 11) is 0. The normalized spacial score (nSPS) is 10.9. The molecule has 116 valence electrons. The number of ether oxygens (including phenoxy) is 1. The average Bonchev–Trinajstić information content (AvgIpc) is 2.33. The fourth-order valence-electron chi connectivity index (χ4n) is 1.56. The van der Waals surface area contributed by atoms with Crippen molar-refractivity contribution in [2.75, 3.05) is 6.54 Å². The summed E-state index contributed by atoms with van der Waals surface area (Å²) in [4.78, 5) is 27.6. The van der Waals surface area contributed by atoms with Gasteiger partial charge in [-0.05, 0) is 46.8 Å². The minimum absolute atomic E-state index is 0.00247. The molecular weight excluding hydrogens is 276 g/mol. The molecule has 1 aromatic carbocycles. The minimum atomic E-state index is -0.626. The Hall–Kier alpha value is -2.31. The van der Waals surface area contributed by atoms with Crippen LogP contribution in [0.15, 0.2) is 18.2 Å². The molecular formula is C14H20N2O5. The zero-order valence-corrected chi connectivity index (χ0v) is 12.9. The van der Waals surface area contributed by atoms with E-state index in [1.165, 1.54) is 18.2 Å². The third-order valence-electron chi connectivity index (χ3n) is 2.46. The quantitative estimate of drug-likeness (QED) is 0.627. The van der Waals surface area contributed by atoms with Crippen LogP contribution in [0.2, 0.25) is 0 Å². The van der Waals surface area contributed by atoms with Crippen molar-refractivity contribution in [3.8, 4) is 5.75 Å². The Morgan fingerprint density at radius 3 is 2.43 bits per heavy atom. The predicted octanol–water partition coefficient (Wildman–Crippen LogP) is 3.45. The van der Waals surface area contributed by atoms with E-state index in [0.717, 1.165) is 5.06 Å². The fourth-order valence-corrected chi connectivity index (χ4v) is 1.56. The number of nitro benzene ring substituents is 1. The van der Waals surface area contributed by atoms with E-state index in [9.17, 15) is 14.9 Å². The van der Waals surface area contributed by atoms with E-state index in [4.69, 9.17) is 9.57 Å². The smallest absolute Gasteiger partial charge is 0.442 e. The molecule has 0 bridgehead atoms. The maximum Gasteiger partial charge on any atom is 0.443 e. The van der Waals surface area contributed by atoms with E-state index in [0.29, 0.717) is 11.3 Å². The van der Waals surface area contributed by atoms with Crippen molar-refractivity contribution >= 4 is 11.8 Å². The highest BCUT2D eigenvalue weighted by atomic mass is 16.7. The van der Waals surface area contributed by atoms with Crippen LogP contribution >= 0.6 is 0 Å². The SMILES string of the molecule is CCN(Oc1ccc([N+](=O)[O-])c(C)c1)C(=O)OC(C)(C)C. The molecule has 0 heterocycles. The summed E-state index contributed by atoms with van der Waals surface area (Å²) in [5, 5.41) is 11.8. The molecule has 0 saturated carbocycles. The van der Waals surface area contributed by atoms with Crippen molar-refractivity contribution in [3.05, 3.63) is 33.9 Å². The van der Waals surface area contributed by atoms with Gasteiger partial charge < -0.3 is 9.57 Å². The van der Waals surface area contributed by atoms with Gasteiger partial charge in [-0.1, -0.05) is 0 Å². The average molecular weight is 296 g/mol. The van der Waals surface area contributed by atoms with Gasteiger partial charge in [-0.15, -0.1) is 5.06 Å². The van der Waals surface area contributed by atoms with Gasteiger partial charge in [0, 0.05) is 11.6 Å². The molecule has 1 aromatic rings. The van der Waals surface area contributed by atoms with Crippen molar-refractivity contribution in [2.24, 2.45) is 0 Å². The van der Waals surface area contributed by atoms with Gasteiger partial charge in [0.05, 0.1) is 11.5 Å². The topological polar surface area (TPSA) is 81.9 Å². The monoisotopic (exact) mass is 296 g/mol. The Morgan fingerprint density at radius 2 is 2.00 bits per heavy atom. The first-order valence-electron chi connectivity index (χ1n) is 6.57. The van der Waals surface area contributed by atoms with Crippen molar-refractivity contribution < 1.29 is 19.3 Å². The number of nitrogens with zero attached hydrogens (tertiary/aromatic N) is 2. The number of rotatable bonds is 4. The lowest BCUT2D eigenvalue weighted by Gasteiger charge is -2.26. The first-order chi connectivity index (χ1) is 9.64. The summed E-state index contributed by atoms with van der Waals surface area (Å²) in [6.45, 7) is 8.90. The second kappa shape index (κ2) is 6.43. The zero-order valence-electron chi connectivity index (χ0n) is 12.9. The zero-order chi connectivity index (χ0) is 16.2. The van der Waals surface area contributed by atoms with Gasteiger partial charge in [-0.3, -0.25) is 10.1 Å². The van der Waals surface area contributed by atoms with Crippen LogP contribution in [0, 0.1) is 17.0 Å². The van der Waals surface area contributed by atoms with E-state index in [1.54, 1.807) is 34.6 Å². The third kappa shape index (κ3) is 4.94. The van der Waals surface area contributed by atoms with Crippen LogP contribution in [0.1, 0.15) is 33.3 Å². The lowest BCUT2D eigenvalue weighted by molar-refractivity contribution is -0.385. The summed E-state index contributed by atoms with van der Waals surface area (Å²) >= 11 is 0. The second-order valence-corrected chi connectivity index (χ2v) is 5.47. The Balaban J connectivity index is 2.85. The van der Waals surface area contributed by atoms with Gasteiger partial charge >= 0.3 is 6.09 Å². The molecule has 0 saturated heterocycles. The molecule has 0 fully saturated rings. The van der Waals surface area contributed by atoms with Gasteiger partial charge in [-0.2, -0.15) is 0 Å². The highest BCUT2D eigenvalue weighted by Crippen LogP contribution is 2.24. The van der Waals surface area contributed by atoms with Gasteiger partial charge in [-0.25, -0.2) is 4.79 Å². The van der Waals surface area contributed by atoms with E-state index in [-0.39, 0.29) is 12.2 Å². The number of benzene rings is 1. The Morgan fingerprint density at radius 1 is 1.38 bits per heavy atom. The van der Waals surface area contributed by atoms with Gasteiger partial charge in [0.25, 0.3) is 5.69 Å². The Labute approximate surface area is 123 Å². The molecule has 0 aromatic heterocycles. The van der Waals surface area contributed by atoms with Crippen molar-refractivity contribution in [1.82, 2.24) is 5.06 Å². The number of nitro groups is 1. The van der Waals surface area contributed by atoms with Crippen LogP contribution in [0.5, 0.6) is 5.75 Å². The van der Waals surface area contributed by atoms with Crippen LogP contribution in [0.4, 0.5) is 10.5 Å². The van der Waals surface area contributed by atoms with Crippen molar-refractivity contribution in [3.63, 3.8) is 0 Å². The highest BCUT2D eigenvalue weighted by molar-refractivity contribution is 5.67. The number of hydroxylamine groups is 2. The molecule has 1 rings (SSSR count). The molecule has 0 aliphatic rings. The maximum atomic E-state index is 11.9. The lowest BCUT2D eigenvalue weighted by Crippen LogP contribution is -2.38. The molecule has 0 spiro atoms. The molecule has 21 heavy (non-hydrogen) atoms. The number of aryl methyl sites for hydroxylation is 1. The van der Waals surface area contributed by atoms with Crippen LogP contribution in [0.25, 0.3) is 0 Å². The van der Waals surface area contributed by atoms with E-state index in [1.807, 2.05) is 0 Å². The van der Waals surface area contributed by atoms with Gasteiger partial charge in [0.15, 0.2) is 5.75 Å². The number of hydrogen-bond acceptors (Lipinski definition) is 5. The van der Waals surface area contributed by atoms with Crippen LogP contribution in [0.3, 0.4) is 0 Å². The van der Waals surface area contributed by atoms with Crippen molar-refractivity contribution in [1.29, 1.82) is 0 Å². The van der Waals surface area contributed by atoms with E-state index < -0.39 is 16.6 Å². The predicted molar refractivity (Wildman–Crippen MR) is 77.1 cm³/mol. The van der Waals surface area contributed by atoms with Crippen LogP contribution in [-0.2, 0) is 4.74 Å². The molecule has 0 aliphatic carbocycles. The summed E-state index contributed by atoms with van der Waals surface area (Å²) in [6, 6.07) is 4.29. The third-order valence-corrected chi connectivity index (χ3v) is 2.46. The summed E-state index contributed by atoms with van der Waals surface area (Å²) in [5.41, 5.74) is -0.167. The Bertz CT molecular complexity index is 537. The van der Waals surface area contributed by atoms with Gasteiger partial charge in [0.1, 0.15) is 5.60 Å². The van der Waals surface area contributed by atoms with Gasteiger partial charge in [0.2, 0.25) is 0 Å². The molecule has 0 aliphatic heterocycles. The first-order valence-corrected chi connectivity index (χ1v) is 6.57. The lowest BCUT2D eigenvalue weighted by atomic mass is 10.2. The summed E-state index contributed by atoms with van der Waals surface area (Å²) in [6.07, 6.45) is -0.610. The summed E-state index contributed by atoms with van der Waals surface area (Å²) in [5.74, 6) is 0.339. The minimum Gasteiger partial charge on any atom is -0.442 e. The fraction of sp³-hybridized carbons (Fsp3) is 0.500. The van der Waals surface area contributed by atoms with Crippen LogP contribution < -0.4 is 4.84 Å². The number of carbonyl (C=O) groups is 1. The Kier molecular flexibility index (Phi) is 5.12. The second-order valence-electron chi connectivity index (χ2n) is 5.47. The highest BCUT2D eigenvalue weighted by Gasteiger charge is 2.23. The standard InChI is InChI=1S/C14H20N2O5/c1-6-15(13(17)20-14(3,4)5)21-11-7-8-12(16(18)19)10(2)9-11/h7-9H,6H2,1-5H3. The molecule has 7 nitrogen and oxygen atoms in total. The molecule has 7 heteroatoms. The van der Waals surface area contributed by atoms with Crippen LogP contribution in [-0.4, -0.2) is 28.2 Å². The molecule has 0 radical (unpaired) electrons. The molecule has 0 N–H and O–H groups in total. The van der Waals surface area contributed by atoms with Crippen molar-refractivity contribution in [2.45, 2.75) is 40.2 Å². The van der Waals surface area contributed by atoms with E-state index >= 15 is 0 Å². The number of carbonyl (C=O) groups excluding carboxylic acids is 1. The first kappa shape index (κ1) is 16.7.